The number of hydrogen-bond acceptors (Lipinski definition) is 1. The van der Waals surface area contributed by atoms with Gasteiger partial charge < -0.3 is 9.88 Å². The molecule has 1 N–H and O–H groups in total. The maximum atomic E-state index is 3.93. The molecule has 0 aliphatic carbocycles. The number of aryl methyl sites for hydroxylation is 1. The van der Waals surface area contributed by atoms with Crippen molar-refractivity contribution in [2.75, 3.05) is 4.90 Å². The van der Waals surface area contributed by atoms with Crippen LogP contribution in [0.15, 0.2) is 194 Å². The second-order valence-electron chi connectivity index (χ2n) is 15.7. The van der Waals surface area contributed by atoms with E-state index < -0.39 is 5.41 Å². The van der Waals surface area contributed by atoms with Crippen molar-refractivity contribution in [3.63, 3.8) is 0 Å². The first kappa shape index (κ1) is 32.2. The lowest BCUT2D eigenvalue weighted by Gasteiger charge is -2.49. The number of aromatic nitrogens is 1. The quantitative estimate of drug-likeness (QED) is 0.179. The lowest BCUT2D eigenvalue weighted by molar-refractivity contribution is 0.732. The van der Waals surface area contributed by atoms with Gasteiger partial charge in [-0.1, -0.05) is 175 Å². The zero-order chi connectivity index (χ0) is 37.7. The SMILES string of the molecule is Cc1ccccc1-c1cc(-c2cccc3c2[nH]c2ccc4ccccc4c23)c2c(c1)N1c3ccccc3C(c3ccccc3)(c3ccccc3)c3cccc(c31)B2. The molecule has 12 rings (SSSR count). The second kappa shape index (κ2) is 12.2. The van der Waals surface area contributed by atoms with Crippen LogP contribution in [0.4, 0.5) is 17.1 Å². The minimum absolute atomic E-state index is 0.506. The molecule has 0 saturated carbocycles. The first-order chi connectivity index (χ1) is 28.2. The van der Waals surface area contributed by atoms with E-state index in [9.17, 15) is 0 Å². The van der Waals surface area contributed by atoms with E-state index in [2.05, 4.69) is 211 Å². The molecular weight excluding hydrogens is 687 g/mol. The number of nitrogens with zero attached hydrogens (tertiary/aromatic N) is 1. The molecule has 0 saturated heterocycles. The van der Waals surface area contributed by atoms with Gasteiger partial charge in [0.2, 0.25) is 0 Å². The van der Waals surface area contributed by atoms with Crippen LogP contribution < -0.4 is 15.8 Å². The van der Waals surface area contributed by atoms with Crippen molar-refractivity contribution in [2.24, 2.45) is 0 Å². The normalized spacial score (nSPS) is 13.6. The Bertz CT molecular complexity index is 3190. The van der Waals surface area contributed by atoms with Gasteiger partial charge in [-0.15, -0.1) is 0 Å². The molecule has 9 aromatic carbocycles. The van der Waals surface area contributed by atoms with E-state index in [-0.39, 0.29) is 0 Å². The van der Waals surface area contributed by atoms with E-state index in [4.69, 9.17) is 0 Å². The average Bonchev–Trinajstić information content (AvgIpc) is 3.67. The molecule has 57 heavy (non-hydrogen) atoms. The molecular formula is C54H37BN2. The largest absolute Gasteiger partial charge is 0.354 e. The third-order valence-corrected chi connectivity index (χ3v) is 12.8. The van der Waals surface area contributed by atoms with Crippen LogP contribution in [-0.4, -0.2) is 12.3 Å². The van der Waals surface area contributed by atoms with Gasteiger partial charge in [0.15, 0.2) is 7.28 Å². The highest BCUT2D eigenvalue weighted by Crippen LogP contribution is 2.58. The van der Waals surface area contributed by atoms with Crippen molar-refractivity contribution >= 4 is 67.8 Å². The first-order valence-electron chi connectivity index (χ1n) is 20.0. The summed E-state index contributed by atoms with van der Waals surface area (Å²) in [6.07, 6.45) is 0. The van der Waals surface area contributed by atoms with Gasteiger partial charge in [0.05, 0.1) is 16.6 Å². The van der Waals surface area contributed by atoms with Gasteiger partial charge in [-0.2, -0.15) is 0 Å². The van der Waals surface area contributed by atoms with Crippen molar-refractivity contribution in [1.29, 1.82) is 0 Å². The van der Waals surface area contributed by atoms with E-state index in [0.717, 1.165) is 12.8 Å². The molecule has 3 heteroatoms. The molecule has 0 unspecified atom stereocenters. The molecule has 2 aliphatic heterocycles. The van der Waals surface area contributed by atoms with Gasteiger partial charge in [-0.25, -0.2) is 0 Å². The third kappa shape index (κ3) is 4.48. The summed E-state index contributed by atoms with van der Waals surface area (Å²) in [5, 5.41) is 5.08. The zero-order valence-electron chi connectivity index (χ0n) is 31.6. The van der Waals surface area contributed by atoms with Gasteiger partial charge in [-0.3, -0.25) is 0 Å². The van der Waals surface area contributed by atoms with Crippen LogP contribution in [0, 0.1) is 6.92 Å². The molecule has 1 aromatic heterocycles. The van der Waals surface area contributed by atoms with Crippen molar-refractivity contribution in [2.45, 2.75) is 12.3 Å². The lowest BCUT2D eigenvalue weighted by Crippen LogP contribution is -2.47. The molecule has 2 aliphatic rings. The van der Waals surface area contributed by atoms with Crippen LogP contribution in [-0.2, 0) is 5.41 Å². The summed E-state index contributed by atoms with van der Waals surface area (Å²) in [5.74, 6) is 0. The zero-order valence-corrected chi connectivity index (χ0v) is 31.6. The summed E-state index contributed by atoms with van der Waals surface area (Å²) in [6, 6.07) is 72.3. The highest BCUT2D eigenvalue weighted by molar-refractivity contribution is 6.73. The number of para-hydroxylation sites is 3. The monoisotopic (exact) mass is 724 g/mol. The minimum Gasteiger partial charge on any atom is -0.354 e. The van der Waals surface area contributed by atoms with Gasteiger partial charge in [-0.05, 0) is 91.9 Å². The summed E-state index contributed by atoms with van der Waals surface area (Å²) in [6.45, 7) is 2.23. The van der Waals surface area contributed by atoms with E-state index in [0.29, 0.717) is 0 Å². The minimum atomic E-state index is -0.506. The lowest BCUT2D eigenvalue weighted by atomic mass is 9.54. The van der Waals surface area contributed by atoms with Gasteiger partial charge in [0.1, 0.15) is 0 Å². The Labute approximate surface area is 332 Å². The number of aromatic amines is 1. The van der Waals surface area contributed by atoms with Crippen molar-refractivity contribution < 1.29 is 0 Å². The number of nitrogens with one attached hydrogen (secondary N) is 1. The predicted molar refractivity (Wildman–Crippen MR) is 242 cm³/mol. The van der Waals surface area contributed by atoms with E-state index >= 15 is 0 Å². The van der Waals surface area contributed by atoms with Crippen LogP contribution in [0.25, 0.3) is 54.8 Å². The smallest absolute Gasteiger partial charge is 0.198 e. The topological polar surface area (TPSA) is 19.0 Å². The Morgan fingerprint density at radius 1 is 0.509 bits per heavy atom. The standard InChI is InChI=1S/C54H37BN2/c1-34-16-8-10-22-39(34)36-32-43(41-24-14-25-42-50-40-23-11-9-17-35(40)30-31-47(50)56-52(41)42)51-49(33-36)57-48-29-13-12-26-44(48)54(37-18-4-2-5-19-37,38-20-6-3-7-21-38)45-27-15-28-46(55-51)53(45)57/h2-33,55-56H,1H3. The van der Waals surface area contributed by atoms with E-state index in [1.807, 2.05) is 0 Å². The second-order valence-corrected chi connectivity index (χ2v) is 15.7. The summed E-state index contributed by atoms with van der Waals surface area (Å²) in [7, 11) is 0.819. The Kier molecular flexibility index (Phi) is 6.89. The summed E-state index contributed by atoms with van der Waals surface area (Å²) in [4.78, 5) is 6.53. The molecule has 0 amide bonds. The van der Waals surface area contributed by atoms with Crippen molar-refractivity contribution in [3.05, 3.63) is 222 Å². The number of benzene rings is 9. The van der Waals surface area contributed by atoms with Crippen molar-refractivity contribution in [1.82, 2.24) is 4.98 Å². The summed E-state index contributed by atoms with van der Waals surface area (Å²) < 4.78 is 0. The number of anilines is 3. The Hall–Kier alpha value is -7.10. The third-order valence-electron chi connectivity index (χ3n) is 12.8. The fraction of sp³-hybridized carbons (Fsp3) is 0.0370. The molecule has 10 aromatic rings. The molecule has 0 radical (unpaired) electrons. The number of fused-ring (bicyclic) bond motifs is 9. The molecule has 266 valence electrons. The van der Waals surface area contributed by atoms with E-state index in [1.54, 1.807) is 0 Å². The number of hydrogen-bond donors (Lipinski definition) is 1. The van der Waals surface area contributed by atoms with Crippen LogP contribution in [0.2, 0.25) is 0 Å². The Morgan fingerprint density at radius 3 is 2.00 bits per heavy atom. The molecule has 3 heterocycles. The van der Waals surface area contributed by atoms with Crippen LogP contribution in [0.1, 0.15) is 27.8 Å². The molecule has 0 atom stereocenters. The fourth-order valence-corrected chi connectivity index (χ4v) is 10.4. The highest BCUT2D eigenvalue weighted by Gasteiger charge is 2.48. The predicted octanol–water partition coefficient (Wildman–Crippen LogP) is 12.0. The van der Waals surface area contributed by atoms with Crippen LogP contribution >= 0.6 is 0 Å². The Balaban J connectivity index is 1.19. The van der Waals surface area contributed by atoms with Crippen molar-refractivity contribution in [3.8, 4) is 22.3 Å². The van der Waals surface area contributed by atoms with Gasteiger partial charge in [0.25, 0.3) is 0 Å². The number of rotatable bonds is 4. The van der Waals surface area contributed by atoms with Crippen LogP contribution in [0.3, 0.4) is 0 Å². The first-order valence-corrected chi connectivity index (χ1v) is 20.0. The Morgan fingerprint density at radius 2 is 1.18 bits per heavy atom. The molecule has 0 fully saturated rings. The maximum absolute atomic E-state index is 3.93. The van der Waals surface area contributed by atoms with Crippen LogP contribution in [0.5, 0.6) is 0 Å². The molecule has 2 nitrogen and oxygen atoms in total. The molecule has 0 bridgehead atoms. The maximum Gasteiger partial charge on any atom is 0.198 e. The number of H-pyrrole nitrogens is 1. The highest BCUT2D eigenvalue weighted by atomic mass is 15.2. The molecule has 0 spiro atoms. The summed E-state index contributed by atoms with van der Waals surface area (Å²) >= 11 is 0. The summed E-state index contributed by atoms with van der Waals surface area (Å²) in [5.41, 5.74) is 19.7. The fourth-order valence-electron chi connectivity index (χ4n) is 10.4. The van der Waals surface area contributed by atoms with E-state index in [1.165, 1.54) is 105 Å². The van der Waals surface area contributed by atoms with Gasteiger partial charge in [0, 0.05) is 33.2 Å². The average molecular weight is 725 g/mol. The van der Waals surface area contributed by atoms with Gasteiger partial charge >= 0.3 is 0 Å².